The van der Waals surface area contributed by atoms with Crippen LogP contribution in [0.3, 0.4) is 0 Å². The van der Waals surface area contributed by atoms with Gasteiger partial charge in [-0.25, -0.2) is 0 Å². The van der Waals surface area contributed by atoms with E-state index in [1.165, 1.54) is 20.8 Å². The van der Waals surface area contributed by atoms with E-state index in [2.05, 4.69) is 47.9 Å². The average molecular weight is 1550 g/mol. The number of hydrogen-bond donors (Lipinski definition) is 19. The molecule has 0 aromatic rings. The van der Waals surface area contributed by atoms with Crippen molar-refractivity contribution in [2.24, 2.45) is 0 Å². The Morgan fingerprint density at radius 1 is 0.411 bits per heavy atom. The smallest absolute Gasteiger partial charge is 0.246 e. The summed E-state index contributed by atoms with van der Waals surface area (Å²) < 4.78 is 78.4. The topological polar surface area (TPSA) is 593 Å². The zero-order valence-corrected chi connectivity index (χ0v) is 61.4. The van der Waals surface area contributed by atoms with Gasteiger partial charge in [0.15, 0.2) is 18.9 Å². The summed E-state index contributed by atoms with van der Waals surface area (Å²) in [4.78, 5) is 116. The Balaban J connectivity index is 1.32. The minimum Gasteiger partial charge on any atom is -0.394 e. The molecule has 42 heteroatoms. The fourth-order valence-electron chi connectivity index (χ4n) is 11.0. The summed E-state index contributed by atoms with van der Waals surface area (Å²) in [7, 11) is 0. The van der Waals surface area contributed by atoms with E-state index in [9.17, 15) is 94.2 Å². The molecule has 618 valence electrons. The number of carbonyl (C=O) groups excluding carboxylic acids is 9. The first-order valence-corrected chi connectivity index (χ1v) is 35.6. The Kier molecular flexibility index (Phi) is 44.6. The predicted molar refractivity (Wildman–Crippen MR) is 363 cm³/mol. The van der Waals surface area contributed by atoms with Crippen LogP contribution < -0.4 is 47.9 Å². The molecule has 0 bridgehead atoms. The van der Waals surface area contributed by atoms with Crippen molar-refractivity contribution >= 4 is 53.2 Å². The van der Waals surface area contributed by atoms with Crippen molar-refractivity contribution in [2.75, 3.05) is 152 Å². The van der Waals surface area contributed by atoms with Crippen LogP contribution in [0.1, 0.15) is 80.1 Å². The van der Waals surface area contributed by atoms with Gasteiger partial charge < -0.3 is 165 Å². The van der Waals surface area contributed by atoms with Gasteiger partial charge in [-0.3, -0.25) is 43.2 Å². The molecular weight excluding hydrogens is 1430 g/mol. The molecule has 4 heterocycles. The maximum atomic E-state index is 13.8. The van der Waals surface area contributed by atoms with E-state index < -0.39 is 208 Å². The molecule has 4 aliphatic heterocycles. The third-order valence-electron chi connectivity index (χ3n) is 16.6. The monoisotopic (exact) mass is 1550 g/mol. The number of aliphatic hydroxyl groups is 10. The Hall–Kier alpha value is -5.73. The number of nitrogens with one attached hydrogen (secondary N) is 9. The summed E-state index contributed by atoms with van der Waals surface area (Å²) >= 11 is 0. The normalized spacial score (nSPS) is 27.9. The van der Waals surface area contributed by atoms with Crippen LogP contribution in [0.25, 0.3) is 0 Å². The standard InChI is InChI=1S/C65H115N9O33/c1-36(78)70-51-57(89)54(86)43(30-75)105-62(51)100-26-23-94-16-13-66-47(82)11-8-40(60(92)67-14-17-95-24-27-101-63-52(71-37(2)79)58(90)55(87)44(31-76)106-63)73-48(83)12-9-41(61(93)68-15-18-96-25-28-102-64-53(72-38(3)80)59(91)56(88)45(32-77)107-64)74-50(85)35-99-22-20-97-19-21-98-34-49(84)69-29-39-7-10-42(81)46(104-39)33-103-65(4,5)6/h39-46,51-59,62-64,75-77,81,86-91H,7-35H2,1-6H3,(H,66,82)(H,67,92)(H,68,93)(H,69,84)(H,70,78)(H,71,79)(H,72,80)(H,73,83)(H,74,85)/t39-,40-,41-,42-,43?,44?,45?,46+,51?,52?,53?,54?,55?,56?,57?,58?,59?,62?,63?,64?/m0/s1. The molecule has 0 aromatic carbocycles. The van der Waals surface area contributed by atoms with Crippen molar-refractivity contribution in [3.63, 3.8) is 0 Å². The van der Waals surface area contributed by atoms with E-state index in [-0.39, 0.29) is 151 Å². The molecule has 107 heavy (non-hydrogen) atoms. The molecule has 19 N–H and O–H groups in total. The van der Waals surface area contributed by atoms with Gasteiger partial charge in [0.2, 0.25) is 53.2 Å². The molecule has 0 aliphatic carbocycles. The van der Waals surface area contributed by atoms with Gasteiger partial charge in [0, 0.05) is 59.8 Å². The van der Waals surface area contributed by atoms with E-state index in [0.717, 1.165) is 0 Å². The molecule has 0 saturated carbocycles. The molecule has 15 unspecified atom stereocenters. The van der Waals surface area contributed by atoms with E-state index >= 15 is 0 Å². The highest BCUT2D eigenvalue weighted by Crippen LogP contribution is 2.26. The third-order valence-corrected chi connectivity index (χ3v) is 16.6. The minimum atomic E-state index is -1.56. The highest BCUT2D eigenvalue weighted by atomic mass is 16.7. The lowest BCUT2D eigenvalue weighted by Crippen LogP contribution is -2.64. The predicted octanol–water partition coefficient (Wildman–Crippen LogP) is -10.3. The second-order valence-electron chi connectivity index (χ2n) is 26.4. The van der Waals surface area contributed by atoms with Crippen LogP contribution in [-0.2, 0) is 109 Å². The van der Waals surface area contributed by atoms with Gasteiger partial charge in [0.25, 0.3) is 0 Å². The van der Waals surface area contributed by atoms with Crippen molar-refractivity contribution < 1.29 is 161 Å². The highest BCUT2D eigenvalue weighted by molar-refractivity contribution is 5.90. The van der Waals surface area contributed by atoms with Gasteiger partial charge in [-0.1, -0.05) is 0 Å². The third kappa shape index (κ3) is 35.9. The summed E-state index contributed by atoms with van der Waals surface area (Å²) in [5, 5.41) is 125. The first-order chi connectivity index (χ1) is 51.0. The van der Waals surface area contributed by atoms with Crippen molar-refractivity contribution in [1.29, 1.82) is 0 Å². The largest absolute Gasteiger partial charge is 0.394 e. The Morgan fingerprint density at radius 3 is 1.18 bits per heavy atom. The number of carbonyl (C=O) groups is 9. The summed E-state index contributed by atoms with van der Waals surface area (Å²) in [6.45, 7) is 5.26. The van der Waals surface area contributed by atoms with Crippen LogP contribution in [0, 0.1) is 0 Å². The van der Waals surface area contributed by atoms with Gasteiger partial charge in [0.05, 0.1) is 130 Å². The van der Waals surface area contributed by atoms with E-state index in [1.807, 2.05) is 20.8 Å². The van der Waals surface area contributed by atoms with Gasteiger partial charge in [-0.2, -0.15) is 0 Å². The minimum absolute atomic E-state index is 0.00873. The zero-order valence-electron chi connectivity index (χ0n) is 61.4. The molecule has 42 nitrogen and oxygen atoms in total. The van der Waals surface area contributed by atoms with Gasteiger partial charge in [-0.05, 0) is 46.5 Å². The average Bonchev–Trinajstić information content (AvgIpc) is 0.816. The van der Waals surface area contributed by atoms with Crippen LogP contribution >= 0.6 is 0 Å². The first-order valence-electron chi connectivity index (χ1n) is 35.6. The molecule has 0 spiro atoms. The van der Waals surface area contributed by atoms with Crippen LogP contribution in [0.5, 0.6) is 0 Å². The first kappa shape index (κ1) is 93.6. The second-order valence-corrected chi connectivity index (χ2v) is 26.4. The number of amides is 9. The molecule has 4 aliphatic rings. The fraction of sp³-hybridized carbons (Fsp3) is 0.862. The zero-order chi connectivity index (χ0) is 79.0. The lowest BCUT2D eigenvalue weighted by molar-refractivity contribution is -0.272. The highest BCUT2D eigenvalue weighted by Gasteiger charge is 2.48. The molecular formula is C65H115N9O33. The summed E-state index contributed by atoms with van der Waals surface area (Å²) in [5.41, 5.74) is -0.419. The van der Waals surface area contributed by atoms with Gasteiger partial charge >= 0.3 is 0 Å². The Morgan fingerprint density at radius 2 is 0.776 bits per heavy atom. The molecule has 4 fully saturated rings. The second kappa shape index (κ2) is 50.9. The number of rotatable bonds is 51. The van der Waals surface area contributed by atoms with Gasteiger partial charge in [-0.15, -0.1) is 0 Å². The fourth-order valence-corrected chi connectivity index (χ4v) is 11.0. The quantitative estimate of drug-likeness (QED) is 0.0252. The van der Waals surface area contributed by atoms with Crippen LogP contribution in [0.15, 0.2) is 0 Å². The van der Waals surface area contributed by atoms with Crippen LogP contribution in [0.2, 0.25) is 0 Å². The molecule has 4 rings (SSSR count). The van der Waals surface area contributed by atoms with Crippen molar-refractivity contribution in [1.82, 2.24) is 47.9 Å². The SMILES string of the molecule is CC(=O)NC1C(OCCOCCNC(=O)CC[C@H](NC(=O)CC[C@H](NC(=O)COCCOCCOCC(=O)NC[C@@H]2CC[C@H](O)[C@@H](COC(C)(C)C)O2)C(=O)NCCOCCOC2OC(CO)C(O)C(O)C2NC(C)=O)C(=O)NCCOCCOC2OC(CO)C(O)C(O)C2NC(C)=O)OC(CO)C(O)C1O. The van der Waals surface area contributed by atoms with Crippen LogP contribution in [0.4, 0.5) is 0 Å². The van der Waals surface area contributed by atoms with Crippen LogP contribution in [-0.4, -0.2) is 384 Å². The van der Waals surface area contributed by atoms with Gasteiger partial charge in [0.1, 0.15) is 104 Å². The molecule has 20 atom stereocenters. The summed E-state index contributed by atoms with van der Waals surface area (Å²) in [6, 6.07) is -6.39. The maximum Gasteiger partial charge on any atom is 0.246 e. The van der Waals surface area contributed by atoms with Crippen molar-refractivity contribution in [3.8, 4) is 0 Å². The molecule has 4 saturated heterocycles. The van der Waals surface area contributed by atoms with E-state index in [1.54, 1.807) is 0 Å². The summed E-state index contributed by atoms with van der Waals surface area (Å²) in [6.07, 6.45) is -18.7. The molecule has 0 radical (unpaired) electrons. The lowest BCUT2D eigenvalue weighted by atomic mass is 9.97. The summed E-state index contributed by atoms with van der Waals surface area (Å²) in [5.74, 6) is -5.77. The number of hydrogen-bond acceptors (Lipinski definition) is 33. The van der Waals surface area contributed by atoms with E-state index in [0.29, 0.717) is 12.8 Å². The van der Waals surface area contributed by atoms with E-state index in [4.69, 9.17) is 66.3 Å². The number of aliphatic hydroxyl groups excluding tert-OH is 10. The Labute approximate surface area is 619 Å². The lowest BCUT2D eigenvalue weighted by Gasteiger charge is -2.42. The maximum absolute atomic E-state index is 13.8. The van der Waals surface area contributed by atoms with Crippen molar-refractivity contribution in [2.45, 2.75) is 208 Å². The Bertz CT molecular complexity index is 2640. The molecule has 9 amide bonds. The number of ether oxygens (including phenoxy) is 14. The molecule has 0 aromatic heterocycles. The van der Waals surface area contributed by atoms with Crippen molar-refractivity contribution in [3.05, 3.63) is 0 Å².